The predicted octanol–water partition coefficient (Wildman–Crippen LogP) is 1.92. The standard InChI is InChI=1S/C18H31N5O2/c1-4-5-10-25-16-11-15(18(16,2)3)20-17(24)14-12-23(22-21-14)13-6-8-19-9-7-13/h12-13,15-16,19H,4-11H2,1-3H3,(H,20,24). The van der Waals surface area contributed by atoms with Crippen molar-refractivity contribution in [2.45, 2.75) is 71.1 Å². The van der Waals surface area contributed by atoms with E-state index in [2.05, 4.69) is 41.7 Å². The zero-order valence-electron chi connectivity index (χ0n) is 15.6. The third kappa shape index (κ3) is 4.03. The molecule has 0 spiro atoms. The van der Waals surface area contributed by atoms with Crippen molar-refractivity contribution >= 4 is 5.91 Å². The molecular weight excluding hydrogens is 318 g/mol. The monoisotopic (exact) mass is 349 g/mol. The molecule has 7 nitrogen and oxygen atoms in total. The average molecular weight is 349 g/mol. The Kier molecular flexibility index (Phi) is 5.74. The number of unbranched alkanes of at least 4 members (excludes halogenated alkanes) is 1. The van der Waals surface area contributed by atoms with E-state index in [1.54, 1.807) is 6.20 Å². The lowest BCUT2D eigenvalue weighted by Gasteiger charge is -2.51. The van der Waals surface area contributed by atoms with Crippen molar-refractivity contribution in [1.29, 1.82) is 0 Å². The lowest BCUT2D eigenvalue weighted by Crippen LogP contribution is -2.62. The molecule has 3 rings (SSSR count). The van der Waals surface area contributed by atoms with Crippen molar-refractivity contribution in [3.63, 3.8) is 0 Å². The molecule has 1 saturated heterocycles. The molecule has 1 saturated carbocycles. The largest absolute Gasteiger partial charge is 0.378 e. The summed E-state index contributed by atoms with van der Waals surface area (Å²) >= 11 is 0. The summed E-state index contributed by atoms with van der Waals surface area (Å²) in [5, 5.41) is 14.7. The molecule has 1 aromatic heterocycles. The lowest BCUT2D eigenvalue weighted by atomic mass is 9.64. The SMILES string of the molecule is CCCCOC1CC(NC(=O)c2cn(C3CCNCC3)nn2)C1(C)C. The van der Waals surface area contributed by atoms with Crippen molar-refractivity contribution in [2.24, 2.45) is 5.41 Å². The summed E-state index contributed by atoms with van der Waals surface area (Å²) in [5.74, 6) is -0.134. The van der Waals surface area contributed by atoms with E-state index in [-0.39, 0.29) is 23.5 Å². The number of amides is 1. The van der Waals surface area contributed by atoms with Crippen molar-refractivity contribution < 1.29 is 9.53 Å². The molecule has 2 fully saturated rings. The quantitative estimate of drug-likeness (QED) is 0.735. The van der Waals surface area contributed by atoms with Crippen molar-refractivity contribution in [1.82, 2.24) is 25.6 Å². The number of nitrogens with zero attached hydrogens (tertiary/aromatic N) is 3. The first-order valence-corrected chi connectivity index (χ1v) is 9.57. The Morgan fingerprint density at radius 1 is 1.44 bits per heavy atom. The van der Waals surface area contributed by atoms with Crippen LogP contribution in [0.5, 0.6) is 0 Å². The summed E-state index contributed by atoms with van der Waals surface area (Å²) in [6.45, 7) is 9.25. The molecule has 2 atom stereocenters. The van der Waals surface area contributed by atoms with E-state index in [0.717, 1.165) is 51.8 Å². The molecule has 2 N–H and O–H groups in total. The van der Waals surface area contributed by atoms with Gasteiger partial charge in [-0.2, -0.15) is 0 Å². The van der Waals surface area contributed by atoms with Gasteiger partial charge in [0.1, 0.15) is 0 Å². The Hall–Kier alpha value is -1.47. The molecule has 1 aliphatic heterocycles. The Morgan fingerprint density at radius 2 is 2.20 bits per heavy atom. The maximum atomic E-state index is 12.5. The minimum absolute atomic E-state index is 0.0472. The highest BCUT2D eigenvalue weighted by atomic mass is 16.5. The number of aromatic nitrogens is 3. The first-order valence-electron chi connectivity index (χ1n) is 9.57. The van der Waals surface area contributed by atoms with Crippen molar-refractivity contribution in [3.8, 4) is 0 Å². The van der Waals surface area contributed by atoms with Gasteiger partial charge in [0, 0.05) is 18.1 Å². The number of carbonyl (C=O) groups excluding carboxylic acids is 1. The molecule has 1 aromatic rings. The van der Waals surface area contributed by atoms with Crippen LogP contribution in [0.3, 0.4) is 0 Å². The topological polar surface area (TPSA) is 81.1 Å². The molecule has 1 amide bonds. The summed E-state index contributed by atoms with van der Waals surface area (Å²) < 4.78 is 7.79. The minimum Gasteiger partial charge on any atom is -0.378 e. The van der Waals surface area contributed by atoms with E-state index >= 15 is 0 Å². The number of rotatable bonds is 7. The fraction of sp³-hybridized carbons (Fsp3) is 0.833. The van der Waals surface area contributed by atoms with Crippen LogP contribution < -0.4 is 10.6 Å². The lowest BCUT2D eigenvalue weighted by molar-refractivity contribution is -0.115. The Labute approximate surface area is 149 Å². The van der Waals surface area contributed by atoms with Crippen LogP contribution in [-0.4, -0.2) is 52.7 Å². The number of hydrogen-bond donors (Lipinski definition) is 2. The minimum atomic E-state index is -0.134. The van der Waals surface area contributed by atoms with Crippen LogP contribution in [0.25, 0.3) is 0 Å². The third-order valence-electron chi connectivity index (χ3n) is 5.73. The second-order valence-electron chi connectivity index (χ2n) is 7.86. The van der Waals surface area contributed by atoms with Crippen LogP contribution in [0.1, 0.15) is 69.4 Å². The fourth-order valence-corrected chi connectivity index (χ4v) is 3.65. The number of piperidine rings is 1. The van der Waals surface area contributed by atoms with Gasteiger partial charge in [0.15, 0.2) is 5.69 Å². The molecule has 0 radical (unpaired) electrons. The van der Waals surface area contributed by atoms with Gasteiger partial charge < -0.3 is 15.4 Å². The molecule has 1 aliphatic carbocycles. The average Bonchev–Trinajstić information content (AvgIpc) is 3.11. The summed E-state index contributed by atoms with van der Waals surface area (Å²) in [6, 6.07) is 0.461. The maximum absolute atomic E-state index is 12.5. The Morgan fingerprint density at radius 3 is 2.88 bits per heavy atom. The zero-order chi connectivity index (χ0) is 17.9. The number of ether oxygens (including phenoxy) is 1. The van der Waals surface area contributed by atoms with Crippen molar-refractivity contribution in [3.05, 3.63) is 11.9 Å². The number of carbonyl (C=O) groups is 1. The van der Waals surface area contributed by atoms with Crippen LogP contribution in [-0.2, 0) is 4.74 Å². The molecule has 2 heterocycles. The van der Waals surface area contributed by atoms with Gasteiger partial charge in [0.25, 0.3) is 5.91 Å². The molecule has 25 heavy (non-hydrogen) atoms. The number of hydrogen-bond acceptors (Lipinski definition) is 5. The van der Waals surface area contributed by atoms with E-state index in [0.29, 0.717) is 11.7 Å². The van der Waals surface area contributed by atoms with E-state index in [1.807, 2.05) is 4.68 Å². The number of nitrogens with one attached hydrogen (secondary N) is 2. The molecule has 2 unspecified atom stereocenters. The highest BCUT2D eigenvalue weighted by molar-refractivity contribution is 5.92. The third-order valence-corrected chi connectivity index (χ3v) is 5.73. The molecule has 7 heteroatoms. The highest BCUT2D eigenvalue weighted by Crippen LogP contribution is 2.42. The summed E-state index contributed by atoms with van der Waals surface area (Å²) in [7, 11) is 0. The Balaban J connectivity index is 1.52. The van der Waals surface area contributed by atoms with E-state index in [1.165, 1.54) is 0 Å². The van der Waals surface area contributed by atoms with Crippen molar-refractivity contribution in [2.75, 3.05) is 19.7 Å². The van der Waals surface area contributed by atoms with Gasteiger partial charge in [-0.25, -0.2) is 4.68 Å². The van der Waals surface area contributed by atoms with Crippen LogP contribution in [0.2, 0.25) is 0 Å². The van der Waals surface area contributed by atoms with Gasteiger partial charge in [-0.1, -0.05) is 32.4 Å². The first kappa shape index (κ1) is 18.3. The summed E-state index contributed by atoms with van der Waals surface area (Å²) in [6.07, 6.45) is 7.14. The van der Waals surface area contributed by atoms with E-state index in [4.69, 9.17) is 4.74 Å². The molecule has 0 bridgehead atoms. The molecule has 0 aromatic carbocycles. The van der Waals surface area contributed by atoms with Gasteiger partial charge in [-0.15, -0.1) is 5.10 Å². The maximum Gasteiger partial charge on any atom is 0.273 e. The first-order chi connectivity index (χ1) is 12.0. The smallest absolute Gasteiger partial charge is 0.273 e. The Bertz CT molecular complexity index is 580. The second kappa shape index (κ2) is 7.83. The van der Waals surface area contributed by atoms with E-state index < -0.39 is 0 Å². The normalized spacial score (nSPS) is 26.2. The summed E-state index contributed by atoms with van der Waals surface area (Å²) in [5.41, 5.74) is 0.360. The second-order valence-corrected chi connectivity index (χ2v) is 7.86. The van der Waals surface area contributed by atoms with Gasteiger partial charge in [-0.05, 0) is 38.8 Å². The van der Waals surface area contributed by atoms with Gasteiger partial charge in [0.2, 0.25) is 0 Å². The zero-order valence-corrected chi connectivity index (χ0v) is 15.6. The van der Waals surface area contributed by atoms with Gasteiger partial charge >= 0.3 is 0 Å². The van der Waals surface area contributed by atoms with E-state index in [9.17, 15) is 4.79 Å². The van der Waals surface area contributed by atoms with Crippen LogP contribution in [0, 0.1) is 5.41 Å². The highest BCUT2D eigenvalue weighted by Gasteiger charge is 2.49. The van der Waals surface area contributed by atoms with Crippen LogP contribution in [0.15, 0.2) is 6.20 Å². The fourth-order valence-electron chi connectivity index (χ4n) is 3.65. The van der Waals surface area contributed by atoms with Crippen LogP contribution >= 0.6 is 0 Å². The summed E-state index contributed by atoms with van der Waals surface area (Å²) in [4.78, 5) is 12.5. The van der Waals surface area contributed by atoms with Crippen LogP contribution in [0.4, 0.5) is 0 Å². The predicted molar refractivity (Wildman–Crippen MR) is 95.5 cm³/mol. The van der Waals surface area contributed by atoms with Gasteiger partial charge in [-0.3, -0.25) is 4.79 Å². The van der Waals surface area contributed by atoms with Gasteiger partial charge in [0.05, 0.1) is 18.3 Å². The molecule has 2 aliphatic rings. The molecular formula is C18H31N5O2. The molecule has 140 valence electrons.